The van der Waals surface area contributed by atoms with E-state index in [-0.39, 0.29) is 0 Å². The average molecular weight is 324 g/mol. The van der Waals surface area contributed by atoms with Crippen molar-refractivity contribution < 1.29 is 4.79 Å². The van der Waals surface area contributed by atoms with Crippen LogP contribution in [0.2, 0.25) is 0 Å². The summed E-state index contributed by atoms with van der Waals surface area (Å²) >= 11 is 3.48. The van der Waals surface area contributed by atoms with Crippen LogP contribution in [0.15, 0.2) is 28.7 Å². The van der Waals surface area contributed by atoms with Crippen molar-refractivity contribution >= 4 is 21.8 Å². The van der Waals surface area contributed by atoms with Gasteiger partial charge in [-0.15, -0.1) is 0 Å². The summed E-state index contributed by atoms with van der Waals surface area (Å²) in [5, 5.41) is 0. The van der Waals surface area contributed by atoms with Gasteiger partial charge in [-0.25, -0.2) is 0 Å². The first-order valence-corrected chi connectivity index (χ1v) is 8.00. The molecule has 0 saturated carbocycles. The molecule has 0 aliphatic carbocycles. The SMILES string of the molecule is CCCC1CCC(=O)N(Cc2cccc(Br)c2)CC1. The van der Waals surface area contributed by atoms with Crippen LogP contribution in [-0.2, 0) is 11.3 Å². The van der Waals surface area contributed by atoms with E-state index in [0.29, 0.717) is 5.91 Å². The zero-order valence-corrected chi connectivity index (χ0v) is 13.2. The Labute approximate surface area is 124 Å². The van der Waals surface area contributed by atoms with Crippen LogP contribution in [0.25, 0.3) is 0 Å². The molecule has 3 heteroatoms. The van der Waals surface area contributed by atoms with Crippen molar-refractivity contribution in [3.8, 4) is 0 Å². The van der Waals surface area contributed by atoms with Crippen molar-refractivity contribution in [2.24, 2.45) is 5.92 Å². The Morgan fingerprint density at radius 3 is 2.95 bits per heavy atom. The highest BCUT2D eigenvalue weighted by atomic mass is 79.9. The van der Waals surface area contributed by atoms with Gasteiger partial charge >= 0.3 is 0 Å². The smallest absolute Gasteiger partial charge is 0.222 e. The van der Waals surface area contributed by atoms with Crippen LogP contribution in [0.4, 0.5) is 0 Å². The first kappa shape index (κ1) is 14.6. The number of hydrogen-bond acceptors (Lipinski definition) is 1. The van der Waals surface area contributed by atoms with Crippen molar-refractivity contribution in [1.29, 1.82) is 0 Å². The average Bonchev–Trinajstić information content (AvgIpc) is 2.55. The second kappa shape index (κ2) is 7.09. The molecule has 0 spiro atoms. The summed E-state index contributed by atoms with van der Waals surface area (Å²) < 4.78 is 1.08. The van der Waals surface area contributed by atoms with Gasteiger partial charge in [-0.1, -0.05) is 47.8 Å². The highest BCUT2D eigenvalue weighted by molar-refractivity contribution is 9.10. The molecular formula is C16H22BrNO. The normalized spacial score (nSPS) is 20.4. The lowest BCUT2D eigenvalue weighted by Crippen LogP contribution is -2.29. The van der Waals surface area contributed by atoms with Crippen LogP contribution in [0.5, 0.6) is 0 Å². The lowest BCUT2D eigenvalue weighted by molar-refractivity contribution is -0.131. The Morgan fingerprint density at radius 2 is 2.21 bits per heavy atom. The summed E-state index contributed by atoms with van der Waals surface area (Å²) in [6.45, 7) is 3.89. The second-order valence-corrected chi connectivity index (χ2v) is 6.34. The number of halogens is 1. The molecule has 1 aliphatic heterocycles. The minimum Gasteiger partial charge on any atom is -0.338 e. The van der Waals surface area contributed by atoms with E-state index in [0.717, 1.165) is 42.7 Å². The van der Waals surface area contributed by atoms with Gasteiger partial charge in [0, 0.05) is 24.0 Å². The first-order chi connectivity index (χ1) is 9.19. The third-order valence-electron chi connectivity index (χ3n) is 3.89. The van der Waals surface area contributed by atoms with Gasteiger partial charge < -0.3 is 4.90 Å². The zero-order chi connectivity index (χ0) is 13.7. The fourth-order valence-electron chi connectivity index (χ4n) is 2.81. The van der Waals surface area contributed by atoms with Crippen molar-refractivity contribution in [3.63, 3.8) is 0 Å². The van der Waals surface area contributed by atoms with E-state index in [1.807, 2.05) is 17.0 Å². The van der Waals surface area contributed by atoms with E-state index in [9.17, 15) is 4.79 Å². The van der Waals surface area contributed by atoms with E-state index in [2.05, 4.69) is 35.0 Å². The van der Waals surface area contributed by atoms with Crippen LogP contribution in [0.1, 0.15) is 44.6 Å². The third kappa shape index (κ3) is 4.34. The Balaban J connectivity index is 1.97. The number of amides is 1. The van der Waals surface area contributed by atoms with Crippen molar-refractivity contribution in [3.05, 3.63) is 34.3 Å². The van der Waals surface area contributed by atoms with Gasteiger partial charge in [-0.3, -0.25) is 4.79 Å². The Morgan fingerprint density at radius 1 is 1.37 bits per heavy atom. The summed E-state index contributed by atoms with van der Waals surface area (Å²) in [5.74, 6) is 1.06. The molecule has 1 aromatic rings. The summed E-state index contributed by atoms with van der Waals surface area (Å²) in [5.41, 5.74) is 1.21. The highest BCUT2D eigenvalue weighted by Crippen LogP contribution is 2.24. The minimum absolute atomic E-state index is 0.318. The molecule has 1 unspecified atom stereocenters. The lowest BCUT2D eigenvalue weighted by Gasteiger charge is -2.21. The van der Waals surface area contributed by atoms with Gasteiger partial charge in [-0.05, 0) is 36.5 Å². The number of nitrogens with zero attached hydrogens (tertiary/aromatic N) is 1. The maximum atomic E-state index is 12.2. The predicted molar refractivity (Wildman–Crippen MR) is 81.8 cm³/mol. The fourth-order valence-corrected chi connectivity index (χ4v) is 3.26. The molecule has 19 heavy (non-hydrogen) atoms. The van der Waals surface area contributed by atoms with Crippen LogP contribution in [0, 0.1) is 5.92 Å². The maximum Gasteiger partial charge on any atom is 0.222 e. The molecule has 1 aromatic carbocycles. The quantitative estimate of drug-likeness (QED) is 0.805. The van der Waals surface area contributed by atoms with E-state index in [1.165, 1.54) is 18.4 Å². The molecule has 0 N–H and O–H groups in total. The predicted octanol–water partition coefficient (Wildman–Crippen LogP) is 4.38. The molecule has 0 bridgehead atoms. The second-order valence-electron chi connectivity index (χ2n) is 5.43. The number of benzene rings is 1. The van der Waals surface area contributed by atoms with Gasteiger partial charge in [0.1, 0.15) is 0 Å². The molecule has 1 heterocycles. The van der Waals surface area contributed by atoms with Crippen molar-refractivity contribution in [1.82, 2.24) is 4.90 Å². The summed E-state index contributed by atoms with van der Waals surface area (Å²) in [4.78, 5) is 14.2. The van der Waals surface area contributed by atoms with Crippen molar-refractivity contribution in [2.45, 2.75) is 45.6 Å². The van der Waals surface area contributed by atoms with E-state index < -0.39 is 0 Å². The van der Waals surface area contributed by atoms with Gasteiger partial charge in [0.25, 0.3) is 0 Å². The topological polar surface area (TPSA) is 20.3 Å². The Kier molecular flexibility index (Phi) is 5.44. The number of hydrogen-bond donors (Lipinski definition) is 0. The molecule has 1 saturated heterocycles. The standard InChI is InChI=1S/C16H22BrNO/c1-2-4-13-7-8-16(19)18(10-9-13)12-14-5-3-6-15(17)11-14/h3,5-6,11,13H,2,4,7-10,12H2,1H3. The molecule has 0 radical (unpaired) electrons. The molecule has 1 atom stereocenters. The first-order valence-electron chi connectivity index (χ1n) is 7.21. The molecule has 1 aliphatic rings. The van der Waals surface area contributed by atoms with Gasteiger partial charge in [0.15, 0.2) is 0 Å². The molecular weight excluding hydrogens is 302 g/mol. The van der Waals surface area contributed by atoms with Crippen LogP contribution < -0.4 is 0 Å². The lowest BCUT2D eigenvalue weighted by atomic mass is 9.96. The number of rotatable bonds is 4. The largest absolute Gasteiger partial charge is 0.338 e. The molecule has 2 nitrogen and oxygen atoms in total. The highest BCUT2D eigenvalue weighted by Gasteiger charge is 2.21. The zero-order valence-electron chi connectivity index (χ0n) is 11.6. The minimum atomic E-state index is 0.318. The number of likely N-dealkylation sites (tertiary alicyclic amines) is 1. The number of carbonyl (C=O) groups excluding carboxylic acids is 1. The summed E-state index contributed by atoms with van der Waals surface area (Å²) in [6, 6.07) is 8.24. The monoisotopic (exact) mass is 323 g/mol. The van der Waals surface area contributed by atoms with E-state index in [1.54, 1.807) is 0 Å². The molecule has 1 fully saturated rings. The number of carbonyl (C=O) groups is 1. The molecule has 104 valence electrons. The third-order valence-corrected chi connectivity index (χ3v) is 4.38. The van der Waals surface area contributed by atoms with Crippen LogP contribution in [0.3, 0.4) is 0 Å². The molecule has 0 aromatic heterocycles. The van der Waals surface area contributed by atoms with Gasteiger partial charge in [0.05, 0.1) is 0 Å². The fraction of sp³-hybridized carbons (Fsp3) is 0.562. The Hall–Kier alpha value is -0.830. The van der Waals surface area contributed by atoms with Crippen molar-refractivity contribution in [2.75, 3.05) is 6.54 Å². The summed E-state index contributed by atoms with van der Waals surface area (Å²) in [6.07, 6.45) is 5.44. The van der Waals surface area contributed by atoms with E-state index in [4.69, 9.17) is 0 Å². The van der Waals surface area contributed by atoms with E-state index >= 15 is 0 Å². The maximum absolute atomic E-state index is 12.2. The van der Waals surface area contributed by atoms with Gasteiger partial charge in [-0.2, -0.15) is 0 Å². The van der Waals surface area contributed by atoms with Crippen LogP contribution in [-0.4, -0.2) is 17.4 Å². The van der Waals surface area contributed by atoms with Gasteiger partial charge in [0.2, 0.25) is 5.91 Å². The molecule has 1 amide bonds. The Bertz CT molecular complexity index is 433. The summed E-state index contributed by atoms with van der Waals surface area (Å²) in [7, 11) is 0. The van der Waals surface area contributed by atoms with Crippen LogP contribution >= 0.6 is 15.9 Å². The molecule has 2 rings (SSSR count).